The van der Waals surface area contributed by atoms with Gasteiger partial charge in [0.05, 0.1) is 17.9 Å². The minimum absolute atomic E-state index is 0. The Morgan fingerprint density at radius 1 is 0.512 bits per heavy atom. The molecule has 0 amide bonds. The highest BCUT2D eigenvalue weighted by Gasteiger charge is 2.19. The molecule has 34 heteroatoms. The number of carbonyl (C=O) groups excluding carboxylic acids is 3. The number of benzene rings is 7. The first-order valence-corrected chi connectivity index (χ1v) is 40.1. The number of nitriles is 2. The van der Waals surface area contributed by atoms with Gasteiger partial charge in [-0.2, -0.15) is 34.8 Å². The molecule has 0 bridgehead atoms. The van der Waals surface area contributed by atoms with Crippen LogP contribution in [-0.2, 0) is 9.59 Å². The lowest BCUT2D eigenvalue weighted by Gasteiger charge is -2.15. The Morgan fingerprint density at radius 2 is 0.862 bits per heavy atom. The lowest BCUT2D eigenvalue weighted by molar-refractivity contribution is -0.191. The number of hydrazine groups is 1. The van der Waals surface area contributed by atoms with Crippen LogP contribution in [0.3, 0.4) is 0 Å². The maximum absolute atomic E-state index is 12.8. The number of anilines is 7. The van der Waals surface area contributed by atoms with Crippen molar-refractivity contribution >= 4 is 70.3 Å². The highest BCUT2D eigenvalue weighted by atomic mass is 16.5. The Morgan fingerprint density at radius 3 is 1.22 bits per heavy atom. The summed E-state index contributed by atoms with van der Waals surface area (Å²) in [7, 11) is 0. The molecule has 17 N–H and O–H groups in total. The molecule has 0 spiro atoms. The predicted molar refractivity (Wildman–Crippen MR) is 486 cm³/mol. The van der Waals surface area contributed by atoms with Crippen molar-refractivity contribution in [3.63, 3.8) is 0 Å². The molecule has 4 aliphatic heterocycles. The molecule has 0 aliphatic carbocycles. The fraction of sp³-hybridized carbons (Fsp3) is 0.416. The van der Waals surface area contributed by atoms with E-state index in [1.807, 2.05) is 179 Å². The number of nitrogens with one attached hydrogen (secondary N) is 4. The third-order valence-electron chi connectivity index (χ3n) is 17.1. The van der Waals surface area contributed by atoms with Crippen LogP contribution >= 0.6 is 0 Å². The van der Waals surface area contributed by atoms with Crippen molar-refractivity contribution in [3.8, 4) is 52.6 Å². The molecular formula is C89H130N22O12. The van der Waals surface area contributed by atoms with Crippen molar-refractivity contribution in [3.05, 3.63) is 188 Å². The van der Waals surface area contributed by atoms with Crippen LogP contribution in [0.1, 0.15) is 132 Å². The first kappa shape index (κ1) is 106. The molecule has 123 heavy (non-hydrogen) atoms. The molecule has 0 saturated carbocycles. The summed E-state index contributed by atoms with van der Waals surface area (Å²) in [5.74, 6) is 15.3. The zero-order chi connectivity index (χ0) is 86.9. The number of aliphatic hydroxyl groups excluding tert-OH is 1. The predicted octanol–water partition coefficient (Wildman–Crippen LogP) is 12.7. The van der Waals surface area contributed by atoms with Gasteiger partial charge in [0.1, 0.15) is 72.5 Å². The number of amidine groups is 1. The zero-order valence-electron chi connectivity index (χ0n) is 70.8. The van der Waals surface area contributed by atoms with Gasteiger partial charge < -0.3 is 71.6 Å². The molecule has 34 nitrogen and oxygen atoms in total. The van der Waals surface area contributed by atoms with Crippen LogP contribution in [0.5, 0.6) is 40.2 Å². The van der Waals surface area contributed by atoms with Crippen LogP contribution < -0.4 is 78.0 Å². The van der Waals surface area contributed by atoms with Crippen molar-refractivity contribution < 1.29 is 58.1 Å². The second kappa shape index (κ2) is 63.3. The monoisotopic (exact) mass is 1700 g/mol. The summed E-state index contributed by atoms with van der Waals surface area (Å²) >= 11 is 0. The number of aromatic amines is 1. The Bertz CT molecular complexity index is 4410. The van der Waals surface area contributed by atoms with Crippen molar-refractivity contribution in [2.45, 2.75) is 140 Å². The van der Waals surface area contributed by atoms with Crippen molar-refractivity contribution in [1.82, 2.24) is 54.9 Å². The van der Waals surface area contributed by atoms with Gasteiger partial charge in [-0.05, 0) is 298 Å². The number of hydrogen-bond acceptors (Lipinski definition) is 30. The molecule has 4 fully saturated rings. The molecule has 6 heterocycles. The molecule has 7 aromatic carbocycles. The molecule has 4 aliphatic rings. The van der Waals surface area contributed by atoms with Gasteiger partial charge in [-0.1, -0.05) is 51.3 Å². The smallest absolute Gasteiger partial charge is 0.373 e. The standard InChI is InChI=1S/C24H30N6O3.C15H20N4O.C14H20N6O.C12H18N2O.C9H8N2O.C9H12O.C3H8O.CO2.2CH4.H4N2.H2O/c1-17(2)33-21-9-5-18(6-10-21)22(31)30-23(25)27-24(28-30)26-19-7-11-20(12-8-19)32-16-15-29-13-3-4-14-29;1-13(17-12-16)18-14-4-6-15(7-5-14)20-11-10-19-8-2-3-9-19;15-13-17-14(19-18-13)16-11-3-5-12(6-4-11)21-10-9-20-7-1-2-8-20;13-11-3-5-12(6-4-11)15-10-9-14-7-1-2-8-14;1-8(11-7-10)12-9-5-3-2-4-6-9;1-8(2)10-9-6-4-3-5-7-9;1-3(2)4;2-1-3;;;1-2;/h5-12,17H,3-4,13-16H2,1-2H3,(H3,25,26,27,28);4-7H,2-3,8-11H2,1H3,(H,17,18);3-6H,1-2,7-10H2,(H4,15,16,17,18,19);3-6H,1-2,7-10,13H2;2-6H,1H3;3-8H,1-2H3;3-4H,1-2H3;;2*1H4;1-2H2;1H2. The van der Waals surface area contributed by atoms with E-state index in [1.165, 1.54) is 90.6 Å². The van der Waals surface area contributed by atoms with Crippen LogP contribution in [0.25, 0.3) is 0 Å². The molecule has 2 aromatic heterocycles. The lowest BCUT2D eigenvalue weighted by atomic mass is 10.2. The van der Waals surface area contributed by atoms with Crippen LogP contribution in [0, 0.1) is 22.9 Å². The molecule has 9 aromatic rings. The Kier molecular flexibility index (Phi) is 54.7. The van der Waals surface area contributed by atoms with E-state index < -0.39 is 0 Å². The van der Waals surface area contributed by atoms with E-state index >= 15 is 0 Å². The summed E-state index contributed by atoms with van der Waals surface area (Å²) in [5.41, 5.74) is 20.7. The zero-order valence-corrected chi connectivity index (χ0v) is 70.8. The molecule has 0 unspecified atom stereocenters. The Hall–Kier alpha value is -12.7. The van der Waals surface area contributed by atoms with Crippen LogP contribution in [0.4, 0.5) is 46.5 Å². The number of H-pyrrole nitrogens is 1. The molecule has 4 saturated heterocycles. The Balaban J connectivity index is 0.000000506. The number of nitrogens with zero attached hydrogens (tertiary/aromatic N) is 13. The molecule has 668 valence electrons. The van der Waals surface area contributed by atoms with Gasteiger partial charge in [-0.15, -0.1) is 15.2 Å². The van der Waals surface area contributed by atoms with Crippen LogP contribution in [-0.4, -0.2) is 207 Å². The van der Waals surface area contributed by atoms with Crippen LogP contribution in [0.15, 0.2) is 192 Å². The highest BCUT2D eigenvalue weighted by Crippen LogP contribution is 2.24. The topological polar surface area (TPSA) is 491 Å². The summed E-state index contributed by atoms with van der Waals surface area (Å²) in [6, 6.07) is 56.3. The van der Waals surface area contributed by atoms with E-state index in [-0.39, 0.29) is 62.6 Å². The van der Waals surface area contributed by atoms with E-state index in [0.717, 1.165) is 115 Å². The molecular weight excluding hydrogens is 1570 g/mol. The second-order valence-corrected chi connectivity index (χ2v) is 27.9. The minimum Gasteiger partial charge on any atom is -0.492 e. The van der Waals surface area contributed by atoms with Gasteiger partial charge in [0.15, 0.2) is 6.19 Å². The number of nitrogen functional groups attached to an aromatic ring is 3. The van der Waals surface area contributed by atoms with E-state index in [1.54, 1.807) is 70.3 Å². The molecule has 0 atom stereocenters. The lowest BCUT2D eigenvalue weighted by Crippen LogP contribution is -2.25. The van der Waals surface area contributed by atoms with E-state index in [9.17, 15) is 4.79 Å². The number of likely N-dealkylation sites (tertiary alicyclic amines) is 4. The highest BCUT2D eigenvalue weighted by molar-refractivity contribution is 5.97. The maximum atomic E-state index is 12.8. The third-order valence-corrected chi connectivity index (χ3v) is 17.1. The number of aromatic nitrogens is 6. The summed E-state index contributed by atoms with van der Waals surface area (Å²) in [6.45, 7) is 31.2. The van der Waals surface area contributed by atoms with Crippen molar-refractivity contribution in [2.24, 2.45) is 21.7 Å². The minimum atomic E-state index is -0.370. The summed E-state index contributed by atoms with van der Waals surface area (Å²) < 4.78 is 40.2. The van der Waals surface area contributed by atoms with Gasteiger partial charge in [-0.3, -0.25) is 41.4 Å². The average molecular weight is 1700 g/mol. The van der Waals surface area contributed by atoms with Crippen molar-refractivity contribution in [2.75, 3.05) is 133 Å². The quantitative estimate of drug-likeness (QED) is 0.00435. The fourth-order valence-electron chi connectivity index (χ4n) is 11.7. The Labute approximate surface area is 725 Å². The second-order valence-electron chi connectivity index (χ2n) is 27.9. The third kappa shape index (κ3) is 46.6. The van der Waals surface area contributed by atoms with Gasteiger partial charge >= 0.3 is 6.15 Å². The first-order valence-electron chi connectivity index (χ1n) is 40.1. The number of carbonyl (C=O) groups is 1. The fourth-order valence-corrected chi connectivity index (χ4v) is 11.7. The number of aliphatic imine (C=N–C) groups is 2. The number of para-hydroxylation sites is 2. The molecule has 13 rings (SSSR count). The summed E-state index contributed by atoms with van der Waals surface area (Å²) in [4.78, 5) is 54.6. The normalized spacial score (nSPS) is 13.2. The number of ether oxygens (including phenoxy) is 7. The summed E-state index contributed by atoms with van der Waals surface area (Å²) in [5, 5.41) is 44.1. The van der Waals surface area contributed by atoms with Gasteiger partial charge in [-0.25, -0.2) is 10.1 Å². The average Bonchev–Trinajstić information content (AvgIpc) is 1.67. The SMILES string of the molecule is C.C.CC(=NC#N)Oc1ccccc1.CC(=Nc1ccc(OCCN2CCCC2)cc1)NC#N.CC(C)O.CC(C)Oc1ccc(C(=O)n2nc(Nc3ccc(OCCN4CCCC4)cc3)nc2N)cc1.CC(C)Oc1ccccc1.NN.Nc1ccc(OCCN2CCCC2)cc1.Nc1nc(Nc2ccc(OCCN3CCCC3)cc2)n[nH]1.O.O=C=O. The van der Waals surface area contributed by atoms with Gasteiger partial charge in [0, 0.05) is 61.8 Å². The number of hydrogen-bond donors (Lipinski definition) is 10. The number of rotatable bonds is 27. The van der Waals surface area contributed by atoms with E-state index in [4.69, 9.17) is 75.6 Å². The summed E-state index contributed by atoms with van der Waals surface area (Å²) in [6.07, 6.45) is 14.4. The maximum Gasteiger partial charge on any atom is 0.373 e. The number of aliphatic hydroxyl groups is 1. The first-order chi connectivity index (χ1) is 58.1. The largest absolute Gasteiger partial charge is 0.492 e. The number of nitrogens with two attached hydrogens (primary N) is 5. The molecule has 0 radical (unpaired) electrons. The van der Waals surface area contributed by atoms with Gasteiger partial charge in [0.2, 0.25) is 35.9 Å². The van der Waals surface area contributed by atoms with E-state index in [0.29, 0.717) is 47.3 Å². The van der Waals surface area contributed by atoms with Crippen LogP contribution in [0.2, 0.25) is 0 Å². The van der Waals surface area contributed by atoms with Crippen molar-refractivity contribution in [1.29, 1.82) is 10.5 Å². The van der Waals surface area contributed by atoms with E-state index in [2.05, 4.69) is 82.5 Å². The van der Waals surface area contributed by atoms with Gasteiger partial charge in [0.25, 0.3) is 5.91 Å².